The molecule has 0 unspecified atom stereocenters. The first-order valence-corrected chi connectivity index (χ1v) is 11.6. The summed E-state index contributed by atoms with van der Waals surface area (Å²) < 4.78 is 5.68. The largest absolute Gasteiger partial charge is 0.496 e. The zero-order chi connectivity index (χ0) is 21.1. The van der Waals surface area contributed by atoms with Crippen molar-refractivity contribution in [3.05, 3.63) is 41.9 Å². The Morgan fingerprint density at radius 2 is 2.00 bits per heavy atom. The Labute approximate surface area is 180 Å². The molecule has 5 rings (SSSR count). The van der Waals surface area contributed by atoms with E-state index in [0.717, 1.165) is 31.6 Å². The molecular weight excluding hydrogens is 372 g/mol. The van der Waals surface area contributed by atoms with Gasteiger partial charge >= 0.3 is 0 Å². The monoisotopic (exact) mass is 406 g/mol. The van der Waals surface area contributed by atoms with E-state index in [1.54, 1.807) is 7.11 Å². The van der Waals surface area contributed by atoms with Crippen molar-refractivity contribution in [3.63, 3.8) is 0 Å². The van der Waals surface area contributed by atoms with Crippen LogP contribution in [0.4, 0.5) is 0 Å². The standard InChI is InChI=1S/C26H34N2O2/c1-5-28-23-9-6-17-19-7-8-20(18-16-27-15-12-22(18)30-4)25(19,2)13-10-21(17)26(23,3)14-11-24(28)29/h8-9,12,15-17,19,21H,5-7,10-11,13-14H2,1-4H3/t17-,19-,21-,25-,26+/m0/s1. The second-order valence-electron chi connectivity index (χ2n) is 10.1. The van der Waals surface area contributed by atoms with Crippen molar-refractivity contribution in [1.29, 1.82) is 0 Å². The Bertz CT molecular complexity index is 935. The van der Waals surface area contributed by atoms with Gasteiger partial charge in [-0.05, 0) is 73.8 Å². The number of piperidine rings is 1. The van der Waals surface area contributed by atoms with E-state index in [4.69, 9.17) is 4.74 Å². The molecule has 0 aromatic carbocycles. The quantitative estimate of drug-likeness (QED) is 0.669. The molecule has 0 radical (unpaired) electrons. The first kappa shape index (κ1) is 19.8. The predicted octanol–water partition coefficient (Wildman–Crippen LogP) is 5.46. The van der Waals surface area contributed by atoms with Crippen molar-refractivity contribution < 1.29 is 9.53 Å². The van der Waals surface area contributed by atoms with Crippen LogP contribution in [-0.4, -0.2) is 29.4 Å². The minimum Gasteiger partial charge on any atom is -0.496 e. The van der Waals surface area contributed by atoms with Crippen LogP contribution in [0.3, 0.4) is 0 Å². The number of methoxy groups -OCH3 is 1. The number of ether oxygens (including phenoxy) is 1. The van der Waals surface area contributed by atoms with Crippen molar-refractivity contribution in [2.24, 2.45) is 28.6 Å². The van der Waals surface area contributed by atoms with Gasteiger partial charge in [-0.3, -0.25) is 9.78 Å². The molecule has 4 heteroatoms. The van der Waals surface area contributed by atoms with Gasteiger partial charge in [-0.25, -0.2) is 0 Å². The molecule has 2 fully saturated rings. The summed E-state index contributed by atoms with van der Waals surface area (Å²) in [5, 5.41) is 0. The number of carbonyl (C=O) groups excluding carboxylic acids is 1. The van der Waals surface area contributed by atoms with Crippen molar-refractivity contribution in [2.75, 3.05) is 13.7 Å². The molecule has 1 aromatic rings. The summed E-state index contributed by atoms with van der Waals surface area (Å²) in [4.78, 5) is 19.0. The topological polar surface area (TPSA) is 42.4 Å². The molecule has 0 bridgehead atoms. The molecule has 0 N–H and O–H groups in total. The van der Waals surface area contributed by atoms with Gasteiger partial charge in [0, 0.05) is 42.0 Å². The van der Waals surface area contributed by atoms with E-state index in [-0.39, 0.29) is 10.8 Å². The van der Waals surface area contributed by atoms with Crippen LogP contribution in [0.15, 0.2) is 36.3 Å². The predicted molar refractivity (Wildman–Crippen MR) is 119 cm³/mol. The van der Waals surface area contributed by atoms with Gasteiger partial charge in [0.2, 0.25) is 5.91 Å². The van der Waals surface area contributed by atoms with E-state index in [1.807, 2.05) is 18.5 Å². The number of likely N-dealkylation sites (tertiary alicyclic amines) is 1. The van der Waals surface area contributed by atoms with Crippen LogP contribution in [0.1, 0.15) is 64.9 Å². The maximum absolute atomic E-state index is 12.5. The van der Waals surface area contributed by atoms with E-state index in [0.29, 0.717) is 30.1 Å². The lowest BCUT2D eigenvalue weighted by molar-refractivity contribution is -0.136. The van der Waals surface area contributed by atoms with E-state index in [1.165, 1.54) is 29.7 Å². The molecule has 1 saturated carbocycles. The van der Waals surface area contributed by atoms with Crippen molar-refractivity contribution in [2.45, 2.75) is 59.3 Å². The van der Waals surface area contributed by atoms with Crippen LogP contribution in [0.25, 0.3) is 5.57 Å². The number of amides is 1. The van der Waals surface area contributed by atoms with Gasteiger partial charge in [0.05, 0.1) is 7.11 Å². The number of rotatable bonds is 3. The molecule has 5 atom stereocenters. The fourth-order valence-electron chi connectivity index (χ4n) is 7.54. The summed E-state index contributed by atoms with van der Waals surface area (Å²) in [6.45, 7) is 7.83. The average molecular weight is 407 g/mol. The third kappa shape index (κ3) is 2.58. The number of aromatic nitrogens is 1. The summed E-state index contributed by atoms with van der Waals surface area (Å²) in [6.07, 6.45) is 15.1. The van der Waals surface area contributed by atoms with Crippen LogP contribution in [-0.2, 0) is 4.79 Å². The maximum atomic E-state index is 12.5. The molecule has 30 heavy (non-hydrogen) atoms. The first-order chi connectivity index (χ1) is 14.4. The van der Waals surface area contributed by atoms with Gasteiger partial charge in [0.25, 0.3) is 0 Å². The summed E-state index contributed by atoms with van der Waals surface area (Å²) in [5.41, 5.74) is 4.25. The zero-order valence-electron chi connectivity index (χ0n) is 18.8. The molecule has 2 heterocycles. The average Bonchev–Trinajstić information content (AvgIpc) is 3.11. The van der Waals surface area contributed by atoms with Crippen molar-refractivity contribution in [3.8, 4) is 5.75 Å². The Hall–Kier alpha value is -2.10. The number of pyridine rings is 1. The van der Waals surface area contributed by atoms with E-state index >= 15 is 0 Å². The van der Waals surface area contributed by atoms with Crippen LogP contribution in [0.2, 0.25) is 0 Å². The zero-order valence-corrected chi connectivity index (χ0v) is 18.8. The third-order valence-corrected chi connectivity index (χ3v) is 9.06. The molecule has 0 spiro atoms. The molecule has 4 nitrogen and oxygen atoms in total. The van der Waals surface area contributed by atoms with Crippen molar-refractivity contribution >= 4 is 11.5 Å². The molecule has 4 aliphatic rings. The highest BCUT2D eigenvalue weighted by molar-refractivity contribution is 5.80. The number of hydrogen-bond acceptors (Lipinski definition) is 3. The lowest BCUT2D eigenvalue weighted by Gasteiger charge is -2.58. The molecule has 3 aliphatic carbocycles. The molecule has 160 valence electrons. The van der Waals surface area contributed by atoms with Gasteiger partial charge in [-0.2, -0.15) is 0 Å². The van der Waals surface area contributed by atoms with E-state index in [2.05, 4.69) is 42.8 Å². The second-order valence-corrected chi connectivity index (χ2v) is 10.1. The molecule has 1 saturated heterocycles. The minimum absolute atomic E-state index is 0.142. The first-order valence-electron chi connectivity index (χ1n) is 11.6. The smallest absolute Gasteiger partial charge is 0.226 e. The maximum Gasteiger partial charge on any atom is 0.226 e. The minimum atomic E-state index is 0.142. The molecule has 1 aromatic heterocycles. The molecular formula is C26H34N2O2. The normalized spacial score (nSPS) is 37.7. The number of carbonyl (C=O) groups is 1. The molecule has 1 aliphatic heterocycles. The lowest BCUT2D eigenvalue weighted by Crippen LogP contribution is -2.54. The number of allylic oxidation sites excluding steroid dienone is 4. The Kier molecular flexibility index (Phi) is 4.61. The van der Waals surface area contributed by atoms with Crippen LogP contribution < -0.4 is 4.74 Å². The van der Waals surface area contributed by atoms with Crippen molar-refractivity contribution in [1.82, 2.24) is 9.88 Å². The SMILES string of the molecule is CCN1C(=O)CC[C@@]2(C)C1=CC[C@@H]1[C@@H]2CC[C@]2(C)C(c3cnccc3OC)=CC[C@@H]12. The van der Waals surface area contributed by atoms with Gasteiger partial charge in [0.1, 0.15) is 5.75 Å². The molecule has 1 amide bonds. The van der Waals surface area contributed by atoms with E-state index in [9.17, 15) is 4.79 Å². The number of hydrogen-bond donors (Lipinski definition) is 0. The Morgan fingerprint density at radius 1 is 1.17 bits per heavy atom. The Balaban J connectivity index is 1.50. The number of nitrogens with zero attached hydrogens (tertiary/aromatic N) is 2. The highest BCUT2D eigenvalue weighted by atomic mass is 16.5. The Morgan fingerprint density at radius 3 is 2.77 bits per heavy atom. The van der Waals surface area contributed by atoms with Gasteiger partial charge in [-0.15, -0.1) is 0 Å². The summed E-state index contributed by atoms with van der Waals surface area (Å²) in [6, 6.07) is 1.98. The number of fused-ring (bicyclic) bond motifs is 5. The van der Waals surface area contributed by atoms with Gasteiger partial charge < -0.3 is 9.64 Å². The summed E-state index contributed by atoms with van der Waals surface area (Å²) in [7, 11) is 1.75. The third-order valence-electron chi connectivity index (χ3n) is 9.06. The van der Waals surface area contributed by atoms with Crippen LogP contribution >= 0.6 is 0 Å². The van der Waals surface area contributed by atoms with Gasteiger partial charge in [-0.1, -0.05) is 26.0 Å². The lowest BCUT2D eigenvalue weighted by atomic mass is 9.49. The highest BCUT2D eigenvalue weighted by Crippen LogP contribution is 2.66. The van der Waals surface area contributed by atoms with Crippen LogP contribution in [0, 0.1) is 28.6 Å². The van der Waals surface area contributed by atoms with Crippen LogP contribution in [0.5, 0.6) is 5.75 Å². The fraction of sp³-hybridized carbons (Fsp3) is 0.615. The van der Waals surface area contributed by atoms with E-state index < -0.39 is 0 Å². The summed E-state index contributed by atoms with van der Waals surface area (Å²) in [5.74, 6) is 3.25. The second kappa shape index (κ2) is 6.96. The highest BCUT2D eigenvalue weighted by Gasteiger charge is 2.58. The summed E-state index contributed by atoms with van der Waals surface area (Å²) >= 11 is 0. The fourth-order valence-corrected chi connectivity index (χ4v) is 7.54. The van der Waals surface area contributed by atoms with Gasteiger partial charge in [0.15, 0.2) is 0 Å².